The van der Waals surface area contributed by atoms with Crippen LogP contribution in [0.4, 0.5) is 0 Å². The largest absolute Gasteiger partial charge is 0.361 e. The Kier molecular flexibility index (Phi) is 3.30. The van der Waals surface area contributed by atoms with Crippen molar-refractivity contribution in [2.24, 2.45) is 5.92 Å². The zero-order valence-corrected chi connectivity index (χ0v) is 11.7. The van der Waals surface area contributed by atoms with Crippen LogP contribution in [0.1, 0.15) is 34.9 Å². The second-order valence-electron chi connectivity index (χ2n) is 5.38. The molecule has 0 bridgehead atoms. The highest BCUT2D eigenvalue weighted by Crippen LogP contribution is 2.47. The zero-order valence-electron chi connectivity index (χ0n) is 11.7. The van der Waals surface area contributed by atoms with Crippen LogP contribution < -0.4 is 5.32 Å². The predicted molar refractivity (Wildman–Crippen MR) is 75.1 cm³/mol. The van der Waals surface area contributed by atoms with Crippen LogP contribution in [0.3, 0.4) is 0 Å². The number of hydrogen-bond acceptors (Lipinski definition) is 3. The summed E-state index contributed by atoms with van der Waals surface area (Å²) >= 11 is 0. The molecule has 1 amide bonds. The molecular weight excluding hydrogens is 252 g/mol. The van der Waals surface area contributed by atoms with E-state index in [4.69, 9.17) is 4.52 Å². The van der Waals surface area contributed by atoms with Gasteiger partial charge in [0.15, 0.2) is 0 Å². The number of carbonyl (C=O) groups is 1. The number of amides is 1. The molecule has 1 saturated carbocycles. The molecule has 0 spiro atoms. The first-order valence-electron chi connectivity index (χ1n) is 6.91. The van der Waals surface area contributed by atoms with Crippen molar-refractivity contribution in [1.82, 2.24) is 10.5 Å². The zero-order chi connectivity index (χ0) is 14.1. The average Bonchev–Trinajstić information content (AvgIpc) is 3.20. The van der Waals surface area contributed by atoms with Gasteiger partial charge in [-0.05, 0) is 31.7 Å². The highest BCUT2D eigenvalue weighted by atomic mass is 16.5. The fraction of sp³-hybridized carbons (Fsp3) is 0.375. The minimum atomic E-state index is 0.109. The van der Waals surface area contributed by atoms with Gasteiger partial charge in [-0.25, -0.2) is 0 Å². The summed E-state index contributed by atoms with van der Waals surface area (Å²) in [5.74, 6) is 1.39. The summed E-state index contributed by atoms with van der Waals surface area (Å²) in [5.41, 5.74) is 3.08. The van der Waals surface area contributed by atoms with Gasteiger partial charge in [0, 0.05) is 18.0 Å². The van der Waals surface area contributed by atoms with Gasteiger partial charge in [-0.2, -0.15) is 0 Å². The number of aryl methyl sites for hydroxylation is 2. The molecule has 2 atom stereocenters. The molecule has 20 heavy (non-hydrogen) atoms. The van der Waals surface area contributed by atoms with Crippen LogP contribution in [-0.2, 0) is 11.3 Å². The minimum absolute atomic E-state index is 0.109. The highest BCUT2D eigenvalue weighted by molar-refractivity contribution is 5.82. The average molecular weight is 270 g/mol. The number of benzene rings is 1. The van der Waals surface area contributed by atoms with E-state index in [1.165, 1.54) is 5.56 Å². The van der Waals surface area contributed by atoms with Crippen molar-refractivity contribution in [3.63, 3.8) is 0 Å². The Morgan fingerprint density at radius 2 is 2.10 bits per heavy atom. The Hall–Kier alpha value is -2.10. The van der Waals surface area contributed by atoms with E-state index in [1.807, 2.05) is 32.0 Å². The van der Waals surface area contributed by atoms with Crippen LogP contribution in [0.15, 0.2) is 34.9 Å². The monoisotopic (exact) mass is 270 g/mol. The Bertz CT molecular complexity index is 599. The van der Waals surface area contributed by atoms with Gasteiger partial charge in [0.25, 0.3) is 0 Å². The van der Waals surface area contributed by atoms with E-state index in [2.05, 4.69) is 22.6 Å². The van der Waals surface area contributed by atoms with E-state index in [0.29, 0.717) is 12.5 Å². The minimum Gasteiger partial charge on any atom is -0.361 e. The summed E-state index contributed by atoms with van der Waals surface area (Å²) < 4.78 is 5.09. The molecule has 1 aliphatic carbocycles. The van der Waals surface area contributed by atoms with Crippen LogP contribution in [0, 0.1) is 19.8 Å². The molecule has 0 radical (unpaired) electrons. The number of carbonyl (C=O) groups excluding carboxylic acids is 1. The molecule has 0 aliphatic heterocycles. The number of nitrogens with one attached hydrogen (secondary N) is 1. The predicted octanol–water partition coefficient (Wildman–Crippen LogP) is 2.71. The maximum atomic E-state index is 12.1. The lowest BCUT2D eigenvalue weighted by Gasteiger charge is -2.04. The quantitative estimate of drug-likeness (QED) is 0.929. The summed E-state index contributed by atoms with van der Waals surface area (Å²) in [7, 11) is 0. The molecule has 3 rings (SSSR count). The lowest BCUT2D eigenvalue weighted by Crippen LogP contribution is -2.25. The maximum Gasteiger partial charge on any atom is 0.224 e. The molecule has 4 heteroatoms. The molecular formula is C16H18N2O2. The van der Waals surface area contributed by atoms with Crippen LogP contribution >= 0.6 is 0 Å². The molecule has 104 valence electrons. The molecule has 1 N–H and O–H groups in total. The van der Waals surface area contributed by atoms with Gasteiger partial charge < -0.3 is 9.84 Å². The fourth-order valence-corrected chi connectivity index (χ4v) is 2.61. The van der Waals surface area contributed by atoms with Gasteiger partial charge in [-0.15, -0.1) is 0 Å². The van der Waals surface area contributed by atoms with Gasteiger partial charge in [-0.3, -0.25) is 4.79 Å². The second kappa shape index (κ2) is 5.12. The first-order valence-corrected chi connectivity index (χ1v) is 6.91. The van der Waals surface area contributed by atoms with Crippen molar-refractivity contribution in [3.05, 3.63) is 52.9 Å². The van der Waals surface area contributed by atoms with Crippen molar-refractivity contribution in [1.29, 1.82) is 0 Å². The molecule has 0 saturated heterocycles. The molecule has 4 nitrogen and oxygen atoms in total. The SMILES string of the molecule is Cc1noc(C)c1CNC(=O)[C@H]1C[C@@H]1c1ccccc1. The number of rotatable bonds is 4. The van der Waals surface area contributed by atoms with Crippen molar-refractivity contribution < 1.29 is 9.32 Å². The van der Waals surface area contributed by atoms with Crippen molar-refractivity contribution in [2.45, 2.75) is 32.7 Å². The Labute approximate surface area is 118 Å². The number of aromatic nitrogens is 1. The van der Waals surface area contributed by atoms with Crippen LogP contribution in [0.2, 0.25) is 0 Å². The smallest absolute Gasteiger partial charge is 0.224 e. The first kappa shape index (κ1) is 12.9. The molecule has 1 aliphatic rings. The number of hydrogen-bond donors (Lipinski definition) is 1. The van der Waals surface area contributed by atoms with Gasteiger partial charge in [-0.1, -0.05) is 35.5 Å². The van der Waals surface area contributed by atoms with Crippen LogP contribution in [0.5, 0.6) is 0 Å². The Balaban J connectivity index is 1.57. The van der Waals surface area contributed by atoms with Crippen molar-refractivity contribution >= 4 is 5.91 Å². The Morgan fingerprint density at radius 3 is 2.75 bits per heavy atom. The van der Waals surface area contributed by atoms with Crippen molar-refractivity contribution in [2.75, 3.05) is 0 Å². The maximum absolute atomic E-state index is 12.1. The van der Waals surface area contributed by atoms with E-state index in [9.17, 15) is 4.79 Å². The van der Waals surface area contributed by atoms with Crippen LogP contribution in [-0.4, -0.2) is 11.1 Å². The van der Waals surface area contributed by atoms with Gasteiger partial charge in [0.1, 0.15) is 5.76 Å². The number of nitrogens with zero attached hydrogens (tertiary/aromatic N) is 1. The normalized spacial score (nSPS) is 20.7. The summed E-state index contributed by atoms with van der Waals surface area (Å²) in [6.07, 6.45) is 0.942. The second-order valence-corrected chi connectivity index (χ2v) is 5.38. The van der Waals surface area contributed by atoms with Gasteiger partial charge >= 0.3 is 0 Å². The third-order valence-corrected chi connectivity index (χ3v) is 3.98. The van der Waals surface area contributed by atoms with Gasteiger partial charge in [0.05, 0.1) is 5.69 Å². The molecule has 1 heterocycles. The summed E-state index contributed by atoms with van der Waals surface area (Å²) in [6.45, 7) is 4.26. The lowest BCUT2D eigenvalue weighted by molar-refractivity contribution is -0.122. The third-order valence-electron chi connectivity index (χ3n) is 3.98. The van der Waals surface area contributed by atoms with Crippen LogP contribution in [0.25, 0.3) is 0 Å². The standard InChI is InChI=1S/C16H18N2O2/c1-10-15(11(2)20-18-10)9-17-16(19)14-8-13(14)12-6-4-3-5-7-12/h3-7,13-14H,8-9H2,1-2H3,(H,17,19)/t13-,14+/m1/s1. The molecule has 1 aromatic heterocycles. The molecule has 2 aromatic rings. The Morgan fingerprint density at radius 1 is 1.35 bits per heavy atom. The molecule has 1 fully saturated rings. The topological polar surface area (TPSA) is 55.1 Å². The van der Waals surface area contributed by atoms with E-state index in [0.717, 1.165) is 23.4 Å². The third kappa shape index (κ3) is 2.46. The summed E-state index contributed by atoms with van der Waals surface area (Å²) in [4.78, 5) is 12.1. The highest BCUT2D eigenvalue weighted by Gasteiger charge is 2.43. The lowest BCUT2D eigenvalue weighted by atomic mass is 10.1. The van der Waals surface area contributed by atoms with Gasteiger partial charge in [0.2, 0.25) is 5.91 Å². The van der Waals surface area contributed by atoms with Crippen molar-refractivity contribution in [3.8, 4) is 0 Å². The summed E-state index contributed by atoms with van der Waals surface area (Å²) in [6, 6.07) is 10.2. The van der Waals surface area contributed by atoms with E-state index in [-0.39, 0.29) is 11.8 Å². The summed E-state index contributed by atoms with van der Waals surface area (Å²) in [5, 5.41) is 6.88. The first-order chi connectivity index (χ1) is 9.66. The van der Waals surface area contributed by atoms with E-state index in [1.54, 1.807) is 0 Å². The molecule has 1 aromatic carbocycles. The van der Waals surface area contributed by atoms with E-state index >= 15 is 0 Å². The molecule has 0 unspecified atom stereocenters. The van der Waals surface area contributed by atoms with E-state index < -0.39 is 0 Å². The fourth-order valence-electron chi connectivity index (χ4n) is 2.61.